The third kappa shape index (κ3) is 1.57. The zero-order valence-corrected chi connectivity index (χ0v) is 9.87. The topological polar surface area (TPSA) is 66.0 Å². The van der Waals surface area contributed by atoms with Gasteiger partial charge < -0.3 is 10.5 Å². The normalized spacial score (nSPS) is 10.7. The molecule has 0 amide bonds. The molecule has 0 atom stereocenters. The molecule has 0 aliphatic heterocycles. The van der Waals surface area contributed by atoms with Crippen LogP contribution in [0.4, 0.5) is 5.69 Å². The molecule has 3 aromatic rings. The molecule has 0 radical (unpaired) electrons. The largest absolute Gasteiger partial charge is 0.479 e. The highest BCUT2D eigenvalue weighted by Gasteiger charge is 2.07. The highest BCUT2D eigenvalue weighted by molar-refractivity contribution is 5.76. The Labute approximate surface area is 104 Å². The lowest BCUT2D eigenvalue weighted by Crippen LogP contribution is -2.01. The fourth-order valence-electron chi connectivity index (χ4n) is 1.88. The predicted octanol–water partition coefficient (Wildman–Crippen LogP) is 2.01. The van der Waals surface area contributed by atoms with Gasteiger partial charge in [0.2, 0.25) is 5.88 Å². The summed E-state index contributed by atoms with van der Waals surface area (Å²) < 4.78 is 7.03. The number of anilines is 1. The maximum absolute atomic E-state index is 5.75. The number of nitrogens with two attached hydrogens (primary N) is 1. The summed E-state index contributed by atoms with van der Waals surface area (Å²) in [5, 5.41) is 0. The zero-order chi connectivity index (χ0) is 12.5. The van der Waals surface area contributed by atoms with E-state index in [2.05, 4.69) is 9.97 Å². The summed E-state index contributed by atoms with van der Waals surface area (Å²) >= 11 is 0. The van der Waals surface area contributed by atoms with E-state index in [0.29, 0.717) is 11.6 Å². The van der Waals surface area contributed by atoms with E-state index in [1.807, 2.05) is 34.9 Å². The Morgan fingerprint density at radius 1 is 1.17 bits per heavy atom. The van der Waals surface area contributed by atoms with E-state index < -0.39 is 0 Å². The Balaban J connectivity index is 2.20. The number of hydrogen-bond donors (Lipinski definition) is 1. The van der Waals surface area contributed by atoms with E-state index >= 15 is 0 Å². The number of para-hydroxylation sites is 2. The average Bonchev–Trinajstić information content (AvgIpc) is 2.83. The van der Waals surface area contributed by atoms with Crippen molar-refractivity contribution in [1.29, 1.82) is 0 Å². The molecule has 5 heteroatoms. The van der Waals surface area contributed by atoms with Gasteiger partial charge in [0.05, 0.1) is 23.8 Å². The van der Waals surface area contributed by atoms with Crippen LogP contribution < -0.4 is 10.5 Å². The summed E-state index contributed by atoms with van der Waals surface area (Å²) in [6.45, 7) is 0. The monoisotopic (exact) mass is 240 g/mol. The third-order valence-corrected chi connectivity index (χ3v) is 2.77. The quantitative estimate of drug-likeness (QED) is 0.744. The molecule has 0 bridgehead atoms. The molecule has 0 spiro atoms. The smallest absolute Gasteiger partial charge is 0.238 e. The van der Waals surface area contributed by atoms with Crippen molar-refractivity contribution in [2.45, 2.75) is 0 Å². The second-order valence-corrected chi connectivity index (χ2v) is 3.87. The molecule has 90 valence electrons. The molecular formula is C13H12N4O. The van der Waals surface area contributed by atoms with Gasteiger partial charge >= 0.3 is 0 Å². The second kappa shape index (κ2) is 4.03. The number of methoxy groups -OCH3 is 1. The molecule has 0 aliphatic carbocycles. The highest BCUT2D eigenvalue weighted by Crippen LogP contribution is 2.22. The minimum Gasteiger partial charge on any atom is -0.479 e. The maximum Gasteiger partial charge on any atom is 0.238 e. The first-order chi connectivity index (χ1) is 8.79. The Morgan fingerprint density at radius 2 is 2.00 bits per heavy atom. The number of fused-ring (bicyclic) bond motifs is 1. The maximum atomic E-state index is 5.75. The van der Waals surface area contributed by atoms with Crippen LogP contribution >= 0.6 is 0 Å². The predicted molar refractivity (Wildman–Crippen MR) is 69.8 cm³/mol. The van der Waals surface area contributed by atoms with Crippen molar-refractivity contribution in [3.63, 3.8) is 0 Å². The summed E-state index contributed by atoms with van der Waals surface area (Å²) in [6, 6.07) is 11.5. The Kier molecular flexibility index (Phi) is 2.37. The molecule has 0 fully saturated rings. The summed E-state index contributed by atoms with van der Waals surface area (Å²) in [7, 11) is 1.55. The summed E-state index contributed by atoms with van der Waals surface area (Å²) in [4.78, 5) is 8.68. The van der Waals surface area contributed by atoms with E-state index in [-0.39, 0.29) is 0 Å². The minimum atomic E-state index is 0.422. The lowest BCUT2D eigenvalue weighted by atomic mass is 10.3. The van der Waals surface area contributed by atoms with Gasteiger partial charge in [0.1, 0.15) is 12.1 Å². The van der Waals surface area contributed by atoms with Gasteiger partial charge in [-0.05, 0) is 24.3 Å². The number of ether oxygens (including phenoxy) is 1. The van der Waals surface area contributed by atoms with Crippen LogP contribution in [0.25, 0.3) is 16.9 Å². The molecule has 0 aliphatic rings. The van der Waals surface area contributed by atoms with Gasteiger partial charge in [-0.3, -0.25) is 4.57 Å². The molecule has 2 heterocycles. The summed E-state index contributed by atoms with van der Waals surface area (Å²) in [6.07, 6.45) is 1.74. The SMILES string of the molecule is COc1nc(-n2cnc3ccccc32)ccc1N. The van der Waals surface area contributed by atoms with E-state index in [4.69, 9.17) is 10.5 Å². The number of hydrogen-bond acceptors (Lipinski definition) is 4. The van der Waals surface area contributed by atoms with Crippen LogP contribution in [0.2, 0.25) is 0 Å². The van der Waals surface area contributed by atoms with Crippen molar-refractivity contribution in [3.05, 3.63) is 42.7 Å². The van der Waals surface area contributed by atoms with E-state index in [0.717, 1.165) is 16.9 Å². The fraction of sp³-hybridized carbons (Fsp3) is 0.0769. The van der Waals surface area contributed by atoms with E-state index in [9.17, 15) is 0 Å². The van der Waals surface area contributed by atoms with Crippen LogP contribution in [0, 0.1) is 0 Å². The molecule has 0 saturated heterocycles. The molecular weight excluding hydrogens is 228 g/mol. The lowest BCUT2D eigenvalue weighted by molar-refractivity contribution is 0.400. The lowest BCUT2D eigenvalue weighted by Gasteiger charge is -2.07. The van der Waals surface area contributed by atoms with Crippen molar-refractivity contribution in [3.8, 4) is 11.7 Å². The molecule has 0 saturated carbocycles. The van der Waals surface area contributed by atoms with E-state index in [1.165, 1.54) is 0 Å². The van der Waals surface area contributed by atoms with Gasteiger partial charge in [0, 0.05) is 0 Å². The molecule has 1 aromatic carbocycles. The third-order valence-electron chi connectivity index (χ3n) is 2.77. The first-order valence-electron chi connectivity index (χ1n) is 5.52. The van der Waals surface area contributed by atoms with Crippen LogP contribution in [-0.2, 0) is 0 Å². The van der Waals surface area contributed by atoms with Crippen LogP contribution in [0.3, 0.4) is 0 Å². The van der Waals surface area contributed by atoms with Crippen LogP contribution in [0.5, 0.6) is 5.88 Å². The molecule has 3 rings (SSSR count). The Hall–Kier alpha value is -2.56. The average molecular weight is 240 g/mol. The van der Waals surface area contributed by atoms with Gasteiger partial charge in [-0.1, -0.05) is 12.1 Å². The van der Waals surface area contributed by atoms with Crippen molar-refractivity contribution in [2.75, 3.05) is 12.8 Å². The van der Waals surface area contributed by atoms with Crippen molar-refractivity contribution in [2.24, 2.45) is 0 Å². The van der Waals surface area contributed by atoms with Crippen molar-refractivity contribution < 1.29 is 4.74 Å². The van der Waals surface area contributed by atoms with Gasteiger partial charge in [-0.15, -0.1) is 0 Å². The fourth-order valence-corrected chi connectivity index (χ4v) is 1.88. The number of imidazole rings is 1. The Bertz CT molecular complexity index is 705. The highest BCUT2D eigenvalue weighted by atomic mass is 16.5. The van der Waals surface area contributed by atoms with Gasteiger partial charge in [-0.2, -0.15) is 4.98 Å². The first kappa shape index (κ1) is 10.6. The number of nitrogen functional groups attached to an aromatic ring is 1. The number of benzene rings is 1. The Morgan fingerprint density at radius 3 is 2.83 bits per heavy atom. The van der Waals surface area contributed by atoms with Crippen LogP contribution in [0.1, 0.15) is 0 Å². The summed E-state index contributed by atoms with van der Waals surface area (Å²) in [5.74, 6) is 1.15. The van der Waals surface area contributed by atoms with Gasteiger partial charge in [0.25, 0.3) is 0 Å². The van der Waals surface area contributed by atoms with Crippen molar-refractivity contribution >= 4 is 16.7 Å². The van der Waals surface area contributed by atoms with Crippen LogP contribution in [-0.4, -0.2) is 21.6 Å². The summed E-state index contributed by atoms with van der Waals surface area (Å²) in [5.41, 5.74) is 8.20. The molecule has 2 aromatic heterocycles. The molecule has 5 nitrogen and oxygen atoms in total. The molecule has 2 N–H and O–H groups in total. The second-order valence-electron chi connectivity index (χ2n) is 3.87. The van der Waals surface area contributed by atoms with Crippen LogP contribution in [0.15, 0.2) is 42.7 Å². The number of rotatable bonds is 2. The van der Waals surface area contributed by atoms with E-state index in [1.54, 1.807) is 19.5 Å². The number of pyridine rings is 1. The first-order valence-corrected chi connectivity index (χ1v) is 5.52. The minimum absolute atomic E-state index is 0.422. The van der Waals surface area contributed by atoms with Crippen molar-refractivity contribution in [1.82, 2.24) is 14.5 Å². The number of aromatic nitrogens is 3. The number of nitrogens with zero attached hydrogens (tertiary/aromatic N) is 3. The van der Waals surface area contributed by atoms with Gasteiger partial charge in [-0.25, -0.2) is 4.98 Å². The van der Waals surface area contributed by atoms with Gasteiger partial charge in [0.15, 0.2) is 0 Å². The standard InChI is InChI=1S/C13H12N4O/c1-18-13-9(14)6-7-12(16-13)17-8-15-10-4-2-3-5-11(10)17/h2-8H,14H2,1H3. The zero-order valence-electron chi connectivity index (χ0n) is 9.87. The molecule has 0 unspecified atom stereocenters. The molecule has 18 heavy (non-hydrogen) atoms.